The van der Waals surface area contributed by atoms with Crippen LogP contribution in [0.2, 0.25) is 0 Å². The zero-order valence-electron chi connectivity index (χ0n) is 20.9. The van der Waals surface area contributed by atoms with Gasteiger partial charge in [0.25, 0.3) is 11.8 Å². The second-order valence-corrected chi connectivity index (χ2v) is 8.75. The van der Waals surface area contributed by atoms with E-state index in [0.29, 0.717) is 27.9 Å². The molecule has 0 aromatic heterocycles. The Morgan fingerprint density at radius 3 is 2.14 bits per heavy atom. The number of hydrogen-bond acceptors (Lipinski definition) is 6. The van der Waals surface area contributed by atoms with Gasteiger partial charge in [-0.05, 0) is 59.5 Å². The third-order valence-electron chi connectivity index (χ3n) is 5.92. The fourth-order valence-electron chi connectivity index (χ4n) is 3.72. The molecule has 37 heavy (non-hydrogen) atoms. The van der Waals surface area contributed by atoms with E-state index in [1.54, 1.807) is 60.7 Å². The SMILES string of the molecule is COC(=O)c1cc(C(=O)N[C@@H](CO)C(C)C)ccc1-c1ccccc1C(=O)Nc1ccc(C(=N)N)cc1. The Balaban J connectivity index is 1.98. The first-order valence-corrected chi connectivity index (χ1v) is 11.7. The highest BCUT2D eigenvalue weighted by atomic mass is 16.5. The number of carbonyl (C=O) groups excluding carboxylic acids is 3. The van der Waals surface area contributed by atoms with E-state index < -0.39 is 23.8 Å². The number of carbonyl (C=O) groups is 3. The number of amides is 2. The van der Waals surface area contributed by atoms with Gasteiger partial charge in [0.15, 0.2) is 0 Å². The molecule has 0 bridgehead atoms. The van der Waals surface area contributed by atoms with Crippen molar-refractivity contribution in [1.82, 2.24) is 5.32 Å². The predicted octanol–water partition coefficient (Wildman–Crippen LogP) is 3.42. The van der Waals surface area contributed by atoms with Crippen molar-refractivity contribution in [3.05, 3.63) is 89.0 Å². The van der Waals surface area contributed by atoms with Gasteiger partial charge in [-0.1, -0.05) is 38.1 Å². The molecule has 192 valence electrons. The standard InChI is InChI=1S/C28H30N4O5/c1-16(2)24(15-33)32-26(34)18-10-13-21(23(14-18)28(36)37-3)20-6-4-5-7-22(20)27(35)31-19-11-8-17(9-12-19)25(29)30/h4-14,16,24,33H,15H2,1-3H3,(H3,29,30)(H,31,35)(H,32,34)/t24-/m0/s1. The zero-order valence-corrected chi connectivity index (χ0v) is 20.9. The highest BCUT2D eigenvalue weighted by Gasteiger charge is 2.22. The third kappa shape index (κ3) is 6.39. The number of nitrogens with one attached hydrogen (secondary N) is 3. The number of aliphatic hydroxyl groups is 1. The van der Waals surface area contributed by atoms with Gasteiger partial charge in [-0.3, -0.25) is 15.0 Å². The number of ether oxygens (including phenoxy) is 1. The predicted molar refractivity (Wildman–Crippen MR) is 142 cm³/mol. The molecule has 0 heterocycles. The van der Waals surface area contributed by atoms with Crippen LogP contribution in [0.5, 0.6) is 0 Å². The third-order valence-corrected chi connectivity index (χ3v) is 5.92. The molecule has 0 aliphatic carbocycles. The lowest BCUT2D eigenvalue weighted by Crippen LogP contribution is -2.41. The van der Waals surface area contributed by atoms with Gasteiger partial charge in [-0.2, -0.15) is 0 Å². The number of methoxy groups -OCH3 is 1. The van der Waals surface area contributed by atoms with Crippen molar-refractivity contribution in [3.8, 4) is 11.1 Å². The number of hydrogen-bond donors (Lipinski definition) is 5. The van der Waals surface area contributed by atoms with Crippen LogP contribution >= 0.6 is 0 Å². The first-order valence-electron chi connectivity index (χ1n) is 11.7. The minimum atomic E-state index is -0.665. The van der Waals surface area contributed by atoms with Crippen molar-refractivity contribution in [2.24, 2.45) is 11.7 Å². The molecular formula is C28H30N4O5. The smallest absolute Gasteiger partial charge is 0.338 e. The normalized spacial score (nSPS) is 11.5. The largest absolute Gasteiger partial charge is 0.465 e. The van der Waals surface area contributed by atoms with Crippen LogP contribution < -0.4 is 16.4 Å². The maximum Gasteiger partial charge on any atom is 0.338 e. The maximum absolute atomic E-state index is 13.2. The molecule has 0 radical (unpaired) electrons. The molecule has 3 aromatic carbocycles. The molecule has 0 saturated heterocycles. The summed E-state index contributed by atoms with van der Waals surface area (Å²) in [4.78, 5) is 38.7. The molecule has 1 atom stereocenters. The van der Waals surface area contributed by atoms with Gasteiger partial charge in [0.05, 0.1) is 25.3 Å². The van der Waals surface area contributed by atoms with Crippen LogP contribution in [-0.4, -0.2) is 48.5 Å². The summed E-state index contributed by atoms with van der Waals surface area (Å²) in [6, 6.07) is 17.4. The summed E-state index contributed by atoms with van der Waals surface area (Å²) in [5, 5.41) is 22.6. The van der Waals surface area contributed by atoms with E-state index >= 15 is 0 Å². The average Bonchev–Trinajstić information content (AvgIpc) is 2.90. The summed E-state index contributed by atoms with van der Waals surface area (Å²) in [6.07, 6.45) is 0. The number of nitrogens with two attached hydrogens (primary N) is 1. The van der Waals surface area contributed by atoms with Crippen LogP contribution in [0.3, 0.4) is 0 Å². The lowest BCUT2D eigenvalue weighted by molar-refractivity contribution is 0.0601. The monoisotopic (exact) mass is 502 g/mol. The molecule has 9 heteroatoms. The molecule has 9 nitrogen and oxygen atoms in total. The van der Waals surface area contributed by atoms with Crippen LogP contribution in [0, 0.1) is 11.3 Å². The summed E-state index contributed by atoms with van der Waals surface area (Å²) >= 11 is 0. The van der Waals surface area contributed by atoms with Gasteiger partial charge in [0.2, 0.25) is 0 Å². The number of amidine groups is 1. The van der Waals surface area contributed by atoms with Crippen molar-refractivity contribution in [2.75, 3.05) is 19.0 Å². The molecule has 0 aliphatic heterocycles. The van der Waals surface area contributed by atoms with Crippen molar-refractivity contribution >= 4 is 29.3 Å². The topological polar surface area (TPSA) is 155 Å². The number of rotatable bonds is 9. The van der Waals surface area contributed by atoms with Crippen LogP contribution in [0.15, 0.2) is 66.7 Å². The number of nitrogen functional groups attached to an aromatic ring is 1. The van der Waals surface area contributed by atoms with Gasteiger partial charge >= 0.3 is 5.97 Å². The second-order valence-electron chi connectivity index (χ2n) is 8.75. The molecule has 6 N–H and O–H groups in total. The molecule has 3 aromatic rings. The molecule has 2 amide bonds. The Morgan fingerprint density at radius 2 is 1.54 bits per heavy atom. The zero-order chi connectivity index (χ0) is 27.1. The molecule has 0 unspecified atom stereocenters. The Bertz CT molecular complexity index is 1320. The van der Waals surface area contributed by atoms with Crippen molar-refractivity contribution in [2.45, 2.75) is 19.9 Å². The van der Waals surface area contributed by atoms with Gasteiger partial charge in [0.1, 0.15) is 5.84 Å². The number of benzene rings is 3. The van der Waals surface area contributed by atoms with Crippen molar-refractivity contribution in [1.29, 1.82) is 5.41 Å². The maximum atomic E-state index is 13.2. The fourth-order valence-corrected chi connectivity index (χ4v) is 3.72. The summed E-state index contributed by atoms with van der Waals surface area (Å²) < 4.78 is 4.96. The Morgan fingerprint density at radius 1 is 0.919 bits per heavy atom. The molecule has 0 aliphatic rings. The Kier molecular flexibility index (Phi) is 8.76. The lowest BCUT2D eigenvalue weighted by Gasteiger charge is -2.20. The molecule has 0 fully saturated rings. The second kappa shape index (κ2) is 12.0. The van der Waals surface area contributed by atoms with Gasteiger partial charge < -0.3 is 26.2 Å². The van der Waals surface area contributed by atoms with Gasteiger partial charge in [-0.15, -0.1) is 0 Å². The summed E-state index contributed by atoms with van der Waals surface area (Å²) in [7, 11) is 1.24. The van der Waals surface area contributed by atoms with E-state index in [-0.39, 0.29) is 29.5 Å². The number of aliphatic hydroxyl groups excluding tert-OH is 1. The van der Waals surface area contributed by atoms with Crippen LogP contribution in [0.25, 0.3) is 11.1 Å². The van der Waals surface area contributed by atoms with E-state index in [1.165, 1.54) is 13.2 Å². The van der Waals surface area contributed by atoms with E-state index in [9.17, 15) is 19.5 Å². The molecular weight excluding hydrogens is 472 g/mol. The molecule has 3 rings (SSSR count). The minimum absolute atomic E-state index is 0.0114. The Hall–Kier alpha value is -4.50. The minimum Gasteiger partial charge on any atom is -0.465 e. The van der Waals surface area contributed by atoms with E-state index in [2.05, 4.69) is 10.6 Å². The highest BCUT2D eigenvalue weighted by Crippen LogP contribution is 2.29. The van der Waals surface area contributed by atoms with Crippen molar-refractivity contribution < 1.29 is 24.2 Å². The molecule has 0 spiro atoms. The molecule has 0 saturated carbocycles. The summed E-state index contributed by atoms with van der Waals surface area (Å²) in [5.41, 5.74) is 8.06. The van der Waals surface area contributed by atoms with E-state index in [1.807, 2.05) is 13.8 Å². The first-order chi connectivity index (χ1) is 17.7. The number of esters is 1. The fraction of sp³-hybridized carbons (Fsp3) is 0.214. The quantitative estimate of drug-likeness (QED) is 0.172. The highest BCUT2D eigenvalue weighted by molar-refractivity contribution is 6.11. The van der Waals surface area contributed by atoms with Gasteiger partial charge in [-0.25, -0.2) is 4.79 Å². The summed E-state index contributed by atoms with van der Waals surface area (Å²) in [6.45, 7) is 3.54. The Labute approximate surface area is 215 Å². The van der Waals surface area contributed by atoms with Gasteiger partial charge in [0, 0.05) is 22.4 Å². The lowest BCUT2D eigenvalue weighted by atomic mass is 9.93. The van der Waals surface area contributed by atoms with Crippen LogP contribution in [0.1, 0.15) is 50.5 Å². The van der Waals surface area contributed by atoms with Crippen LogP contribution in [-0.2, 0) is 4.74 Å². The summed E-state index contributed by atoms with van der Waals surface area (Å²) in [5.74, 6) is -1.58. The number of anilines is 1. The van der Waals surface area contributed by atoms with E-state index in [4.69, 9.17) is 15.9 Å². The van der Waals surface area contributed by atoms with Crippen molar-refractivity contribution in [3.63, 3.8) is 0 Å². The first kappa shape index (κ1) is 27.1. The average molecular weight is 503 g/mol. The van der Waals surface area contributed by atoms with Crippen LogP contribution in [0.4, 0.5) is 5.69 Å². The van der Waals surface area contributed by atoms with E-state index in [0.717, 1.165) is 0 Å².